The van der Waals surface area contributed by atoms with Gasteiger partial charge in [0.25, 0.3) is 15.9 Å². The molecule has 1 saturated heterocycles. The lowest BCUT2D eigenvalue weighted by Crippen LogP contribution is -2.39. The minimum Gasteiger partial charge on any atom is -0.338 e. The fourth-order valence-electron chi connectivity index (χ4n) is 3.31. The molecule has 1 heterocycles. The molecule has 2 aromatic carbocycles. The quantitative estimate of drug-likeness (QED) is 0.769. The molecule has 0 saturated carbocycles. The predicted molar refractivity (Wildman–Crippen MR) is 108 cm³/mol. The average molecular weight is 407 g/mol. The molecule has 3 rings (SSSR count). The summed E-state index contributed by atoms with van der Waals surface area (Å²) < 4.78 is 26.9. The predicted octanol–water partition coefficient (Wildman–Crippen LogP) is 4.04. The summed E-state index contributed by atoms with van der Waals surface area (Å²) in [6.45, 7) is 3.51. The Bertz CT molecular complexity index is 931. The molecule has 1 aliphatic heterocycles. The van der Waals surface area contributed by atoms with E-state index < -0.39 is 10.0 Å². The maximum Gasteiger partial charge on any atom is 0.264 e. The number of halogens is 1. The van der Waals surface area contributed by atoms with Gasteiger partial charge in [0, 0.05) is 20.1 Å². The highest BCUT2D eigenvalue weighted by Crippen LogP contribution is 2.28. The maximum absolute atomic E-state index is 12.9. The molecule has 2 aromatic rings. The van der Waals surface area contributed by atoms with E-state index >= 15 is 0 Å². The molecule has 144 valence electrons. The third-order valence-corrected chi connectivity index (χ3v) is 7.02. The summed E-state index contributed by atoms with van der Waals surface area (Å²) in [7, 11) is -2.24. The number of hydrogen-bond donors (Lipinski definition) is 0. The number of hydrogen-bond acceptors (Lipinski definition) is 3. The van der Waals surface area contributed by atoms with Crippen LogP contribution in [-0.2, 0) is 10.0 Å². The van der Waals surface area contributed by atoms with Gasteiger partial charge in [-0.15, -0.1) is 0 Å². The van der Waals surface area contributed by atoms with Crippen molar-refractivity contribution in [1.82, 2.24) is 4.90 Å². The van der Waals surface area contributed by atoms with Gasteiger partial charge in [-0.2, -0.15) is 0 Å². The Morgan fingerprint density at radius 1 is 1.19 bits per heavy atom. The summed E-state index contributed by atoms with van der Waals surface area (Å²) in [4.78, 5) is 14.9. The first-order valence-corrected chi connectivity index (χ1v) is 10.8. The summed E-state index contributed by atoms with van der Waals surface area (Å²) in [5, 5.41) is 0.326. The highest BCUT2D eigenvalue weighted by Gasteiger charge is 2.26. The van der Waals surface area contributed by atoms with Gasteiger partial charge in [-0.25, -0.2) is 8.42 Å². The first-order valence-electron chi connectivity index (χ1n) is 8.93. The number of likely N-dealkylation sites (tertiary alicyclic amines) is 1. The largest absolute Gasteiger partial charge is 0.338 e. The molecule has 1 fully saturated rings. The van der Waals surface area contributed by atoms with Crippen LogP contribution in [0, 0.1) is 5.92 Å². The minimum atomic E-state index is -3.72. The Morgan fingerprint density at radius 3 is 2.56 bits per heavy atom. The lowest BCUT2D eigenvalue weighted by Gasteiger charge is -2.31. The Hall–Kier alpha value is -2.05. The first kappa shape index (κ1) is 19.7. The summed E-state index contributed by atoms with van der Waals surface area (Å²) in [6, 6.07) is 12.9. The number of sulfonamides is 1. The van der Waals surface area contributed by atoms with Crippen molar-refractivity contribution >= 4 is 33.2 Å². The van der Waals surface area contributed by atoms with Crippen molar-refractivity contribution < 1.29 is 13.2 Å². The minimum absolute atomic E-state index is 0.154. The number of anilines is 1. The van der Waals surface area contributed by atoms with Gasteiger partial charge in [0.05, 0.1) is 21.2 Å². The van der Waals surface area contributed by atoms with Crippen LogP contribution in [0.4, 0.5) is 5.69 Å². The average Bonchev–Trinajstić information content (AvgIpc) is 2.68. The molecular formula is C20H23ClN2O3S. The van der Waals surface area contributed by atoms with Crippen molar-refractivity contribution in [2.24, 2.45) is 5.92 Å². The summed E-state index contributed by atoms with van der Waals surface area (Å²) in [6.07, 6.45) is 2.07. The molecular weight excluding hydrogens is 384 g/mol. The normalized spacial score (nSPS) is 17.6. The second-order valence-corrected chi connectivity index (χ2v) is 9.32. The second kappa shape index (κ2) is 7.90. The van der Waals surface area contributed by atoms with E-state index in [-0.39, 0.29) is 10.8 Å². The fourth-order valence-corrected chi connectivity index (χ4v) is 4.71. The lowest BCUT2D eigenvalue weighted by atomic mass is 9.99. The van der Waals surface area contributed by atoms with Crippen LogP contribution >= 0.6 is 11.6 Å². The third kappa shape index (κ3) is 4.12. The van der Waals surface area contributed by atoms with Gasteiger partial charge in [0.15, 0.2) is 0 Å². The zero-order valence-corrected chi connectivity index (χ0v) is 17.0. The number of amides is 1. The standard InChI is InChI=1S/C20H23ClN2O3S/c1-15-7-6-12-23(14-15)20(24)18-13-16(10-11-19(18)21)22(2)27(25,26)17-8-4-3-5-9-17/h3-5,8-11,13,15H,6-7,12,14H2,1-2H3. The van der Waals surface area contributed by atoms with E-state index in [1.165, 1.54) is 11.4 Å². The van der Waals surface area contributed by atoms with Gasteiger partial charge < -0.3 is 4.90 Å². The number of rotatable bonds is 4. The van der Waals surface area contributed by atoms with Gasteiger partial charge in [0.1, 0.15) is 0 Å². The zero-order valence-electron chi connectivity index (χ0n) is 15.4. The molecule has 1 aliphatic rings. The van der Waals surface area contributed by atoms with E-state index in [1.807, 2.05) is 0 Å². The second-order valence-electron chi connectivity index (χ2n) is 6.95. The molecule has 27 heavy (non-hydrogen) atoms. The van der Waals surface area contributed by atoms with Crippen LogP contribution < -0.4 is 4.31 Å². The molecule has 0 aromatic heterocycles. The smallest absolute Gasteiger partial charge is 0.264 e. The molecule has 0 radical (unpaired) electrons. The summed E-state index contributed by atoms with van der Waals surface area (Å²) in [5.74, 6) is 0.296. The molecule has 0 aliphatic carbocycles. The third-order valence-electron chi connectivity index (χ3n) is 4.89. The van der Waals surface area contributed by atoms with Crippen molar-refractivity contribution in [2.45, 2.75) is 24.7 Å². The van der Waals surface area contributed by atoms with E-state index in [9.17, 15) is 13.2 Å². The summed E-state index contributed by atoms with van der Waals surface area (Å²) >= 11 is 6.27. The van der Waals surface area contributed by atoms with Crippen molar-refractivity contribution in [3.05, 3.63) is 59.1 Å². The van der Waals surface area contributed by atoms with E-state index in [2.05, 4.69) is 6.92 Å². The molecule has 0 spiro atoms. The number of carbonyl (C=O) groups is 1. The Labute approximate surface area is 165 Å². The fraction of sp³-hybridized carbons (Fsp3) is 0.350. The van der Waals surface area contributed by atoms with E-state index in [1.54, 1.807) is 53.4 Å². The van der Waals surface area contributed by atoms with Crippen LogP contribution in [0.1, 0.15) is 30.1 Å². The van der Waals surface area contributed by atoms with Crippen LogP contribution in [0.3, 0.4) is 0 Å². The van der Waals surface area contributed by atoms with Crippen molar-refractivity contribution in [1.29, 1.82) is 0 Å². The van der Waals surface area contributed by atoms with E-state index in [4.69, 9.17) is 11.6 Å². The zero-order chi connectivity index (χ0) is 19.6. The van der Waals surface area contributed by atoms with Gasteiger partial charge in [-0.05, 0) is 49.1 Å². The molecule has 1 atom stereocenters. The SMILES string of the molecule is CC1CCCN(C(=O)c2cc(N(C)S(=O)(=O)c3ccccc3)ccc2Cl)C1. The van der Waals surface area contributed by atoms with Crippen LogP contribution in [0.2, 0.25) is 5.02 Å². The van der Waals surface area contributed by atoms with Crippen LogP contribution in [-0.4, -0.2) is 39.4 Å². The topological polar surface area (TPSA) is 57.7 Å². The molecule has 1 amide bonds. The van der Waals surface area contributed by atoms with Crippen LogP contribution in [0.15, 0.2) is 53.4 Å². The number of nitrogens with zero attached hydrogens (tertiary/aromatic N) is 2. The lowest BCUT2D eigenvalue weighted by molar-refractivity contribution is 0.0683. The number of benzene rings is 2. The van der Waals surface area contributed by atoms with Gasteiger partial charge in [-0.1, -0.05) is 36.7 Å². The molecule has 0 N–H and O–H groups in total. The molecule has 1 unspecified atom stereocenters. The number of carbonyl (C=O) groups excluding carboxylic acids is 1. The van der Waals surface area contributed by atoms with Gasteiger partial charge in [-0.3, -0.25) is 9.10 Å². The van der Waals surface area contributed by atoms with E-state index in [0.717, 1.165) is 12.8 Å². The van der Waals surface area contributed by atoms with Crippen LogP contribution in [0.25, 0.3) is 0 Å². The van der Waals surface area contributed by atoms with Crippen molar-refractivity contribution in [3.8, 4) is 0 Å². The van der Waals surface area contributed by atoms with Crippen molar-refractivity contribution in [3.63, 3.8) is 0 Å². The highest BCUT2D eigenvalue weighted by atomic mass is 35.5. The van der Waals surface area contributed by atoms with Crippen LogP contribution in [0.5, 0.6) is 0 Å². The highest BCUT2D eigenvalue weighted by molar-refractivity contribution is 7.92. The molecule has 5 nitrogen and oxygen atoms in total. The molecule has 7 heteroatoms. The maximum atomic E-state index is 12.9. The summed E-state index contributed by atoms with van der Waals surface area (Å²) in [5.41, 5.74) is 0.732. The number of piperidine rings is 1. The Kier molecular flexibility index (Phi) is 5.77. The Morgan fingerprint density at radius 2 is 1.89 bits per heavy atom. The Balaban J connectivity index is 1.92. The molecule has 0 bridgehead atoms. The van der Waals surface area contributed by atoms with E-state index in [0.29, 0.717) is 35.3 Å². The van der Waals surface area contributed by atoms with Crippen molar-refractivity contribution in [2.75, 3.05) is 24.4 Å². The van der Waals surface area contributed by atoms with Gasteiger partial charge >= 0.3 is 0 Å². The first-order chi connectivity index (χ1) is 12.8. The van der Waals surface area contributed by atoms with Gasteiger partial charge in [0.2, 0.25) is 0 Å². The monoisotopic (exact) mass is 406 g/mol.